The summed E-state index contributed by atoms with van der Waals surface area (Å²) < 4.78 is 99.3. The Bertz CT molecular complexity index is 255. The molecule has 0 aliphatic carbocycles. The van der Waals surface area contributed by atoms with Crippen LogP contribution in [-0.2, 0) is 10.7 Å². The maximum atomic E-state index is 11.8. The van der Waals surface area contributed by atoms with Gasteiger partial charge in [-0.3, -0.25) is 0 Å². The van der Waals surface area contributed by atoms with Gasteiger partial charge in [0.2, 0.25) is 10.7 Å². The molecule has 0 aliphatic heterocycles. The van der Waals surface area contributed by atoms with Crippen molar-refractivity contribution in [1.29, 1.82) is 0 Å². The SMILES string of the molecule is O=[SH](=O)C(F)(F)C(F)(F)C(F)(F)F. The fraction of sp³-hybridized carbons (Fsp3) is 1.00. The molecule has 0 saturated carbocycles. The Morgan fingerprint density at radius 3 is 1.15 bits per heavy atom. The first kappa shape index (κ1) is 12.5. The minimum Gasteiger partial charge on any atom is -0.225 e. The summed E-state index contributed by atoms with van der Waals surface area (Å²) in [5.74, 6) is -6.57. The van der Waals surface area contributed by atoms with Gasteiger partial charge in [0.1, 0.15) is 0 Å². The number of rotatable bonds is 2. The van der Waals surface area contributed by atoms with Crippen molar-refractivity contribution in [3.63, 3.8) is 0 Å². The van der Waals surface area contributed by atoms with Gasteiger partial charge in [-0.2, -0.15) is 30.7 Å². The highest BCUT2D eigenvalue weighted by molar-refractivity contribution is 7.73. The highest BCUT2D eigenvalue weighted by Crippen LogP contribution is 2.46. The predicted molar refractivity (Wildman–Crippen MR) is 26.3 cm³/mol. The lowest BCUT2D eigenvalue weighted by Crippen LogP contribution is -2.52. The summed E-state index contributed by atoms with van der Waals surface area (Å²) in [5, 5.41) is -6.12. The summed E-state index contributed by atoms with van der Waals surface area (Å²) in [6.45, 7) is 0. The third-order valence-electron chi connectivity index (χ3n) is 0.963. The average molecular weight is 234 g/mol. The van der Waals surface area contributed by atoms with Gasteiger partial charge in [-0.25, -0.2) is 8.42 Å². The quantitative estimate of drug-likeness (QED) is 0.578. The topological polar surface area (TPSA) is 34.1 Å². The first-order chi connectivity index (χ1) is 5.44. The molecule has 0 aromatic heterocycles. The van der Waals surface area contributed by atoms with Crippen molar-refractivity contribution in [3.05, 3.63) is 0 Å². The largest absolute Gasteiger partial charge is 0.461 e. The van der Waals surface area contributed by atoms with Crippen LogP contribution in [0.1, 0.15) is 0 Å². The van der Waals surface area contributed by atoms with Crippen LogP contribution in [0.3, 0.4) is 0 Å². The molecule has 0 rings (SSSR count). The maximum Gasteiger partial charge on any atom is 0.461 e. The molecule has 10 heteroatoms. The molecule has 0 aromatic carbocycles. The van der Waals surface area contributed by atoms with Crippen LogP contribution in [0.5, 0.6) is 0 Å². The van der Waals surface area contributed by atoms with Gasteiger partial charge in [0, 0.05) is 0 Å². The number of thiol groups is 1. The molecule has 0 unspecified atom stereocenters. The minimum atomic E-state index is -6.61. The lowest BCUT2D eigenvalue weighted by atomic mass is 10.3. The van der Waals surface area contributed by atoms with Crippen LogP contribution in [0, 0.1) is 0 Å². The Morgan fingerprint density at radius 2 is 1.08 bits per heavy atom. The van der Waals surface area contributed by atoms with Gasteiger partial charge in [-0.15, -0.1) is 0 Å². The van der Waals surface area contributed by atoms with E-state index in [1.165, 1.54) is 0 Å². The van der Waals surface area contributed by atoms with Crippen molar-refractivity contribution in [1.82, 2.24) is 0 Å². The summed E-state index contributed by atoms with van der Waals surface area (Å²) in [4.78, 5) is 0. The fourth-order valence-corrected chi connectivity index (χ4v) is 0.641. The number of halogens is 7. The Balaban J connectivity index is 5.28. The van der Waals surface area contributed by atoms with E-state index in [1.54, 1.807) is 0 Å². The van der Waals surface area contributed by atoms with Gasteiger partial charge in [0.05, 0.1) is 0 Å². The van der Waals surface area contributed by atoms with E-state index in [-0.39, 0.29) is 0 Å². The smallest absolute Gasteiger partial charge is 0.225 e. The van der Waals surface area contributed by atoms with Gasteiger partial charge in [-0.05, 0) is 0 Å². The normalized spacial score (nSPS) is 15.1. The van der Waals surface area contributed by atoms with Crippen molar-refractivity contribution in [3.8, 4) is 0 Å². The van der Waals surface area contributed by atoms with Crippen LogP contribution < -0.4 is 0 Å². The van der Waals surface area contributed by atoms with Crippen LogP contribution in [-0.4, -0.2) is 25.8 Å². The zero-order valence-corrected chi connectivity index (χ0v) is 6.30. The first-order valence-corrected chi connectivity index (χ1v) is 3.59. The van der Waals surface area contributed by atoms with E-state index in [1.807, 2.05) is 0 Å². The summed E-state index contributed by atoms with van der Waals surface area (Å²) in [5.41, 5.74) is 0. The van der Waals surface area contributed by atoms with Crippen LogP contribution in [0.4, 0.5) is 30.7 Å². The van der Waals surface area contributed by atoms with Crippen molar-refractivity contribution < 1.29 is 39.2 Å². The molecule has 0 heterocycles. The lowest BCUT2D eigenvalue weighted by molar-refractivity contribution is -0.331. The Hall–Kier alpha value is -0.540. The molecule has 0 N–H and O–H groups in total. The molecule has 2 nitrogen and oxygen atoms in total. The van der Waals surface area contributed by atoms with E-state index in [2.05, 4.69) is 0 Å². The van der Waals surface area contributed by atoms with Crippen LogP contribution in [0.25, 0.3) is 0 Å². The monoisotopic (exact) mass is 234 g/mol. The third-order valence-corrected chi connectivity index (χ3v) is 1.70. The lowest BCUT2D eigenvalue weighted by Gasteiger charge is -2.23. The number of hydrogen-bond donors (Lipinski definition) is 1. The summed E-state index contributed by atoms with van der Waals surface area (Å²) in [6, 6.07) is 0. The molecule has 0 amide bonds. The molecular weight excluding hydrogens is 233 g/mol. The molecule has 0 atom stereocenters. The van der Waals surface area contributed by atoms with Crippen LogP contribution in [0.15, 0.2) is 0 Å². The Kier molecular flexibility index (Phi) is 2.87. The number of alkyl halides is 7. The van der Waals surface area contributed by atoms with Crippen LogP contribution in [0.2, 0.25) is 0 Å². The highest BCUT2D eigenvalue weighted by Gasteiger charge is 2.75. The zero-order chi connectivity index (χ0) is 11.1. The number of hydrogen-bond acceptors (Lipinski definition) is 2. The molecule has 13 heavy (non-hydrogen) atoms. The van der Waals surface area contributed by atoms with Gasteiger partial charge >= 0.3 is 17.4 Å². The predicted octanol–water partition coefficient (Wildman–Crippen LogP) is 1.39. The van der Waals surface area contributed by atoms with E-state index in [0.29, 0.717) is 0 Å². The van der Waals surface area contributed by atoms with Gasteiger partial charge in [0.25, 0.3) is 0 Å². The first-order valence-electron chi connectivity index (χ1n) is 2.41. The van der Waals surface area contributed by atoms with Gasteiger partial charge in [0.15, 0.2) is 0 Å². The highest BCUT2D eigenvalue weighted by atomic mass is 32.2. The maximum absolute atomic E-state index is 11.8. The second-order valence-electron chi connectivity index (χ2n) is 1.87. The van der Waals surface area contributed by atoms with Crippen LogP contribution >= 0.6 is 0 Å². The second-order valence-corrected chi connectivity index (χ2v) is 2.95. The Morgan fingerprint density at radius 1 is 0.769 bits per heavy atom. The molecule has 0 fully saturated rings. The summed E-state index contributed by atoms with van der Waals surface area (Å²) in [7, 11) is -5.20. The third kappa shape index (κ3) is 1.86. The molecule has 0 saturated heterocycles. The standard InChI is InChI=1S/C3HF7O2S/c4-1(5,2(6,7)8)3(9,10)13(11)12/h13H. The molecule has 0 radical (unpaired) electrons. The van der Waals surface area contributed by atoms with Crippen molar-refractivity contribution >= 4 is 10.7 Å². The average Bonchev–Trinajstić information content (AvgIpc) is 1.84. The summed E-state index contributed by atoms with van der Waals surface area (Å²) >= 11 is 0. The molecule has 0 spiro atoms. The molecule has 0 aromatic rings. The minimum absolute atomic E-state index is 5.20. The van der Waals surface area contributed by atoms with Crippen molar-refractivity contribution in [2.75, 3.05) is 0 Å². The molecule has 0 aliphatic rings. The van der Waals surface area contributed by atoms with E-state index >= 15 is 0 Å². The fourth-order valence-electron chi connectivity index (χ4n) is 0.285. The molecule has 80 valence electrons. The van der Waals surface area contributed by atoms with Crippen molar-refractivity contribution in [2.24, 2.45) is 0 Å². The van der Waals surface area contributed by atoms with Crippen molar-refractivity contribution in [2.45, 2.75) is 17.4 Å². The van der Waals surface area contributed by atoms with Gasteiger partial charge < -0.3 is 0 Å². The van der Waals surface area contributed by atoms with E-state index in [4.69, 9.17) is 0 Å². The second kappa shape index (κ2) is 3.00. The van der Waals surface area contributed by atoms with Gasteiger partial charge in [-0.1, -0.05) is 0 Å². The zero-order valence-electron chi connectivity index (χ0n) is 5.41. The van der Waals surface area contributed by atoms with E-state index in [9.17, 15) is 39.2 Å². The molecular formula is C3HF7O2S. The molecule has 0 bridgehead atoms. The van der Waals surface area contributed by atoms with E-state index < -0.39 is 28.1 Å². The Labute approximate surface area is 68.3 Å². The van der Waals surface area contributed by atoms with E-state index in [0.717, 1.165) is 0 Å². The summed E-state index contributed by atoms with van der Waals surface area (Å²) in [6.07, 6.45) is -6.61.